The number of hydrogen-bond acceptors (Lipinski definition) is 3. The van der Waals surface area contributed by atoms with Gasteiger partial charge in [0.2, 0.25) is 0 Å². The molecule has 130 valence electrons. The van der Waals surface area contributed by atoms with E-state index in [0.29, 0.717) is 11.1 Å². The molecule has 3 aromatic rings. The highest BCUT2D eigenvalue weighted by atomic mass is 16.7. The number of carbonyl (C=O) groups excluding carboxylic acids is 2. The Balaban J connectivity index is 1.61. The van der Waals surface area contributed by atoms with Crippen LogP contribution in [0.4, 0.5) is 0 Å². The van der Waals surface area contributed by atoms with E-state index in [0.717, 1.165) is 27.3 Å². The van der Waals surface area contributed by atoms with Gasteiger partial charge >= 0.3 is 0 Å². The van der Waals surface area contributed by atoms with Crippen molar-refractivity contribution in [3.05, 3.63) is 106 Å². The van der Waals surface area contributed by atoms with E-state index in [4.69, 9.17) is 4.84 Å². The average molecular weight is 353 g/mol. The molecule has 4 nitrogen and oxygen atoms in total. The Labute approximate surface area is 156 Å². The van der Waals surface area contributed by atoms with Crippen LogP contribution in [0.15, 0.2) is 72.8 Å². The zero-order valence-corrected chi connectivity index (χ0v) is 14.3. The summed E-state index contributed by atoms with van der Waals surface area (Å²) in [6, 6.07) is 22.5. The number of nitrogens with zero attached hydrogens (tertiary/aromatic N) is 1. The van der Waals surface area contributed by atoms with Crippen LogP contribution < -0.4 is 0 Å². The van der Waals surface area contributed by atoms with E-state index < -0.39 is 17.9 Å². The number of carbonyl (C=O) groups is 2. The maximum atomic E-state index is 12.8. The second-order valence-corrected chi connectivity index (χ2v) is 6.53. The SMILES string of the molecule is O=C1c2ccccc2C(=O)N1OC1c2ccccc2C=Cc2ccccc21. The Morgan fingerprint density at radius 2 is 1.07 bits per heavy atom. The molecule has 0 atom stereocenters. The number of fused-ring (bicyclic) bond motifs is 3. The van der Waals surface area contributed by atoms with Crippen molar-refractivity contribution in [1.29, 1.82) is 0 Å². The third-order valence-electron chi connectivity index (χ3n) is 4.97. The van der Waals surface area contributed by atoms with Gasteiger partial charge in [-0.2, -0.15) is 0 Å². The molecule has 3 aromatic carbocycles. The summed E-state index contributed by atoms with van der Waals surface area (Å²) < 4.78 is 0. The molecular weight excluding hydrogens is 338 g/mol. The third-order valence-corrected chi connectivity index (χ3v) is 4.97. The second-order valence-electron chi connectivity index (χ2n) is 6.53. The molecule has 0 N–H and O–H groups in total. The van der Waals surface area contributed by atoms with Crippen molar-refractivity contribution < 1.29 is 14.4 Å². The van der Waals surface area contributed by atoms with E-state index >= 15 is 0 Å². The third kappa shape index (κ3) is 2.42. The summed E-state index contributed by atoms with van der Waals surface area (Å²) in [5, 5.41) is 0.897. The molecule has 2 aliphatic rings. The van der Waals surface area contributed by atoms with Crippen LogP contribution in [0, 0.1) is 0 Å². The lowest BCUT2D eigenvalue weighted by Gasteiger charge is -2.24. The van der Waals surface area contributed by atoms with Gasteiger partial charge in [-0.25, -0.2) is 4.84 Å². The van der Waals surface area contributed by atoms with Gasteiger partial charge in [0.25, 0.3) is 11.8 Å². The average Bonchev–Trinajstić information content (AvgIpc) is 2.86. The minimum Gasteiger partial charge on any atom is -0.266 e. The van der Waals surface area contributed by atoms with Gasteiger partial charge < -0.3 is 0 Å². The lowest BCUT2D eigenvalue weighted by molar-refractivity contribution is -0.120. The first-order valence-corrected chi connectivity index (χ1v) is 8.74. The fourth-order valence-electron chi connectivity index (χ4n) is 3.63. The van der Waals surface area contributed by atoms with Crippen LogP contribution in [0.3, 0.4) is 0 Å². The molecule has 2 amide bonds. The van der Waals surface area contributed by atoms with Gasteiger partial charge in [0, 0.05) is 0 Å². The van der Waals surface area contributed by atoms with Gasteiger partial charge in [-0.05, 0) is 34.4 Å². The summed E-state index contributed by atoms with van der Waals surface area (Å²) in [4.78, 5) is 31.6. The summed E-state index contributed by atoms with van der Waals surface area (Å²) in [5.41, 5.74) is 4.56. The molecule has 0 saturated heterocycles. The van der Waals surface area contributed by atoms with E-state index in [-0.39, 0.29) is 0 Å². The summed E-state index contributed by atoms with van der Waals surface area (Å²) in [7, 11) is 0. The van der Waals surface area contributed by atoms with E-state index in [1.807, 2.05) is 60.7 Å². The van der Waals surface area contributed by atoms with E-state index in [2.05, 4.69) is 0 Å². The highest BCUT2D eigenvalue weighted by Crippen LogP contribution is 2.37. The first-order chi connectivity index (χ1) is 13.2. The van der Waals surface area contributed by atoms with Gasteiger partial charge in [0.1, 0.15) is 6.10 Å². The predicted molar refractivity (Wildman–Crippen MR) is 102 cm³/mol. The number of hydroxylamine groups is 2. The molecule has 4 heteroatoms. The van der Waals surface area contributed by atoms with Crippen molar-refractivity contribution >= 4 is 24.0 Å². The van der Waals surface area contributed by atoms with Gasteiger partial charge in [-0.1, -0.05) is 72.8 Å². The van der Waals surface area contributed by atoms with Gasteiger partial charge in [-0.3, -0.25) is 9.59 Å². The topological polar surface area (TPSA) is 46.6 Å². The maximum absolute atomic E-state index is 12.8. The van der Waals surface area contributed by atoms with Crippen molar-refractivity contribution in [2.45, 2.75) is 6.10 Å². The van der Waals surface area contributed by atoms with E-state index in [1.165, 1.54) is 0 Å². The van der Waals surface area contributed by atoms with Crippen molar-refractivity contribution in [2.75, 3.05) is 0 Å². The van der Waals surface area contributed by atoms with Crippen molar-refractivity contribution in [2.24, 2.45) is 0 Å². The van der Waals surface area contributed by atoms with Gasteiger partial charge in [-0.15, -0.1) is 5.06 Å². The summed E-state index contributed by atoms with van der Waals surface area (Å²) >= 11 is 0. The van der Waals surface area contributed by atoms with Crippen LogP contribution in [0.1, 0.15) is 49.1 Å². The molecule has 0 radical (unpaired) electrons. The summed E-state index contributed by atoms with van der Waals surface area (Å²) in [5.74, 6) is -0.856. The minimum absolute atomic E-state index is 0.371. The number of benzene rings is 3. The molecule has 1 aliphatic carbocycles. The maximum Gasteiger partial charge on any atom is 0.285 e. The minimum atomic E-state index is -0.561. The zero-order chi connectivity index (χ0) is 18.4. The van der Waals surface area contributed by atoms with Crippen molar-refractivity contribution in [1.82, 2.24) is 5.06 Å². The van der Waals surface area contributed by atoms with Gasteiger partial charge in [0.05, 0.1) is 11.1 Å². The predicted octanol–water partition coefficient (Wildman–Crippen LogP) is 4.49. The molecule has 0 bridgehead atoms. The fraction of sp³-hybridized carbons (Fsp3) is 0.0435. The molecule has 0 spiro atoms. The van der Waals surface area contributed by atoms with Crippen LogP contribution in [-0.4, -0.2) is 16.9 Å². The Bertz CT molecular complexity index is 1030. The monoisotopic (exact) mass is 353 g/mol. The molecule has 0 fully saturated rings. The molecule has 0 saturated carbocycles. The normalized spacial score (nSPS) is 15.3. The van der Waals surface area contributed by atoms with E-state index in [1.54, 1.807) is 24.3 Å². The molecule has 27 heavy (non-hydrogen) atoms. The lowest BCUT2D eigenvalue weighted by Crippen LogP contribution is -2.32. The quantitative estimate of drug-likeness (QED) is 0.638. The molecule has 0 aromatic heterocycles. The van der Waals surface area contributed by atoms with Crippen LogP contribution in [-0.2, 0) is 4.84 Å². The zero-order valence-electron chi connectivity index (χ0n) is 14.3. The molecule has 1 aliphatic heterocycles. The largest absolute Gasteiger partial charge is 0.285 e. The van der Waals surface area contributed by atoms with Crippen molar-refractivity contribution in [3.63, 3.8) is 0 Å². The fourth-order valence-corrected chi connectivity index (χ4v) is 3.63. The van der Waals surface area contributed by atoms with Crippen LogP contribution in [0.5, 0.6) is 0 Å². The molecule has 5 rings (SSSR count). The standard InChI is InChI=1S/C23H15NO3/c25-22-19-11-5-6-12-20(19)23(26)24(22)27-21-17-9-3-1-7-15(17)13-14-16-8-2-4-10-18(16)21/h1-14,21H. The van der Waals surface area contributed by atoms with Gasteiger partial charge in [0.15, 0.2) is 0 Å². The molecule has 0 unspecified atom stereocenters. The highest BCUT2D eigenvalue weighted by Gasteiger charge is 2.39. The first kappa shape index (κ1) is 15.7. The van der Waals surface area contributed by atoms with Crippen LogP contribution in [0.25, 0.3) is 12.2 Å². The molecular formula is C23H15NO3. The van der Waals surface area contributed by atoms with Crippen LogP contribution in [0.2, 0.25) is 0 Å². The highest BCUT2D eigenvalue weighted by molar-refractivity contribution is 6.20. The van der Waals surface area contributed by atoms with Crippen molar-refractivity contribution in [3.8, 4) is 0 Å². The summed E-state index contributed by atoms with van der Waals surface area (Å²) in [6.07, 6.45) is 3.49. The van der Waals surface area contributed by atoms with E-state index in [9.17, 15) is 9.59 Å². The number of rotatable bonds is 2. The Kier molecular flexibility index (Phi) is 3.52. The smallest absolute Gasteiger partial charge is 0.266 e. The second kappa shape index (κ2) is 6.04. The summed E-state index contributed by atoms with van der Waals surface area (Å²) in [6.45, 7) is 0. The Hall–Kier alpha value is -3.50. The number of imide groups is 1. The Morgan fingerprint density at radius 1 is 0.630 bits per heavy atom. The first-order valence-electron chi connectivity index (χ1n) is 8.74. The number of amides is 2. The number of hydrogen-bond donors (Lipinski definition) is 0. The Morgan fingerprint density at radius 3 is 1.59 bits per heavy atom. The lowest BCUT2D eigenvalue weighted by atomic mass is 9.97. The molecule has 1 heterocycles. The van der Waals surface area contributed by atoms with Crippen LogP contribution >= 0.6 is 0 Å².